The fourth-order valence-electron chi connectivity index (χ4n) is 2.62. The molecule has 0 unspecified atom stereocenters. The molecule has 0 fully saturated rings. The van der Waals surface area contributed by atoms with Crippen LogP contribution in [-0.2, 0) is 4.79 Å². The summed E-state index contributed by atoms with van der Waals surface area (Å²) >= 11 is 8.77. The van der Waals surface area contributed by atoms with Crippen LogP contribution in [0.1, 0.15) is 5.82 Å². The van der Waals surface area contributed by atoms with Gasteiger partial charge in [0.2, 0.25) is 5.91 Å². The van der Waals surface area contributed by atoms with Gasteiger partial charge in [0.05, 0.1) is 21.7 Å². The molecular formula is C20H15ClN4OS2. The van der Waals surface area contributed by atoms with E-state index in [0.29, 0.717) is 16.0 Å². The van der Waals surface area contributed by atoms with Gasteiger partial charge in [-0.1, -0.05) is 65.0 Å². The lowest BCUT2D eigenvalue weighted by atomic mass is 10.1. The first-order valence-electron chi connectivity index (χ1n) is 8.47. The number of rotatable bonds is 5. The molecule has 4 aromatic rings. The van der Waals surface area contributed by atoms with E-state index in [-0.39, 0.29) is 11.7 Å². The van der Waals surface area contributed by atoms with Crippen LogP contribution >= 0.6 is 34.7 Å². The Morgan fingerprint density at radius 3 is 2.75 bits per heavy atom. The number of fused-ring (bicyclic) bond motifs is 1. The Morgan fingerprint density at radius 2 is 1.93 bits per heavy atom. The second-order valence-corrected chi connectivity index (χ2v) is 8.44. The SMILES string of the molecule is Cc1nc(SCC(=O)Nc2nc3ccc(Cl)cc3s2)cc(-c2ccccc2)n1. The highest BCUT2D eigenvalue weighted by Gasteiger charge is 2.11. The van der Waals surface area contributed by atoms with Crippen molar-refractivity contribution >= 4 is 56.0 Å². The molecule has 2 aromatic carbocycles. The van der Waals surface area contributed by atoms with Crippen molar-refractivity contribution in [3.8, 4) is 11.3 Å². The monoisotopic (exact) mass is 426 g/mol. The van der Waals surface area contributed by atoms with Crippen LogP contribution in [0.25, 0.3) is 21.5 Å². The summed E-state index contributed by atoms with van der Waals surface area (Å²) in [4.78, 5) is 25.7. The highest BCUT2D eigenvalue weighted by molar-refractivity contribution is 7.99. The largest absolute Gasteiger partial charge is 0.301 e. The maximum Gasteiger partial charge on any atom is 0.236 e. The zero-order chi connectivity index (χ0) is 19.5. The number of thiazole rings is 1. The van der Waals surface area contributed by atoms with Crippen molar-refractivity contribution < 1.29 is 4.79 Å². The first-order valence-corrected chi connectivity index (χ1v) is 10.6. The van der Waals surface area contributed by atoms with Gasteiger partial charge in [-0.15, -0.1) is 0 Å². The van der Waals surface area contributed by atoms with E-state index >= 15 is 0 Å². The van der Waals surface area contributed by atoms with E-state index in [1.807, 2.05) is 55.5 Å². The number of carbonyl (C=O) groups is 1. The van der Waals surface area contributed by atoms with Crippen molar-refractivity contribution in [1.29, 1.82) is 0 Å². The Labute approximate surface area is 175 Å². The summed E-state index contributed by atoms with van der Waals surface area (Å²) in [5.41, 5.74) is 2.68. The van der Waals surface area contributed by atoms with Crippen molar-refractivity contribution in [1.82, 2.24) is 15.0 Å². The summed E-state index contributed by atoms with van der Waals surface area (Å²) in [6.45, 7) is 1.85. The van der Waals surface area contributed by atoms with Crippen molar-refractivity contribution in [3.63, 3.8) is 0 Å². The molecule has 5 nitrogen and oxygen atoms in total. The van der Waals surface area contributed by atoms with Gasteiger partial charge in [-0.05, 0) is 31.2 Å². The molecule has 0 aliphatic carbocycles. The minimum absolute atomic E-state index is 0.132. The van der Waals surface area contributed by atoms with E-state index in [4.69, 9.17) is 11.6 Å². The number of benzene rings is 2. The Balaban J connectivity index is 1.43. The molecule has 4 rings (SSSR count). The normalized spacial score (nSPS) is 10.9. The molecule has 0 atom stereocenters. The van der Waals surface area contributed by atoms with Gasteiger partial charge in [0, 0.05) is 10.6 Å². The first kappa shape index (κ1) is 18.9. The molecule has 0 spiro atoms. The summed E-state index contributed by atoms with van der Waals surface area (Å²) in [6.07, 6.45) is 0. The maximum absolute atomic E-state index is 12.3. The van der Waals surface area contributed by atoms with Crippen LogP contribution in [-0.4, -0.2) is 26.6 Å². The van der Waals surface area contributed by atoms with E-state index in [1.165, 1.54) is 23.1 Å². The number of hydrogen-bond donors (Lipinski definition) is 1. The lowest BCUT2D eigenvalue weighted by Crippen LogP contribution is -2.14. The van der Waals surface area contributed by atoms with Gasteiger partial charge in [-0.3, -0.25) is 4.79 Å². The number of anilines is 1. The number of aryl methyl sites for hydroxylation is 1. The number of carbonyl (C=O) groups excluding carboxylic acids is 1. The Bertz CT molecular complexity index is 1150. The molecule has 0 bridgehead atoms. The number of halogens is 1. The van der Waals surface area contributed by atoms with Gasteiger partial charge in [0.15, 0.2) is 5.13 Å². The Morgan fingerprint density at radius 1 is 1.11 bits per heavy atom. The fourth-order valence-corrected chi connectivity index (χ4v) is 4.52. The molecule has 8 heteroatoms. The van der Waals surface area contributed by atoms with Gasteiger partial charge < -0.3 is 5.32 Å². The highest BCUT2D eigenvalue weighted by atomic mass is 35.5. The van der Waals surface area contributed by atoms with Crippen molar-refractivity contribution in [2.45, 2.75) is 11.9 Å². The predicted octanol–water partition coefficient (Wildman–Crippen LogP) is 5.45. The van der Waals surface area contributed by atoms with Crippen molar-refractivity contribution in [2.75, 3.05) is 11.1 Å². The lowest BCUT2D eigenvalue weighted by molar-refractivity contribution is -0.113. The number of aromatic nitrogens is 3. The zero-order valence-electron chi connectivity index (χ0n) is 14.8. The van der Waals surface area contributed by atoms with Gasteiger partial charge in [-0.25, -0.2) is 15.0 Å². The molecule has 28 heavy (non-hydrogen) atoms. The van der Waals surface area contributed by atoms with Gasteiger partial charge in [0.1, 0.15) is 10.9 Å². The van der Waals surface area contributed by atoms with E-state index in [2.05, 4.69) is 20.3 Å². The topological polar surface area (TPSA) is 67.8 Å². The Kier molecular flexibility index (Phi) is 5.57. The van der Waals surface area contributed by atoms with Crippen LogP contribution in [0.2, 0.25) is 5.02 Å². The molecule has 2 heterocycles. The minimum atomic E-state index is -0.132. The van der Waals surface area contributed by atoms with Crippen LogP contribution in [0.4, 0.5) is 5.13 Å². The number of nitrogens with one attached hydrogen (secondary N) is 1. The second kappa shape index (κ2) is 8.26. The molecule has 140 valence electrons. The highest BCUT2D eigenvalue weighted by Crippen LogP contribution is 2.29. The average molecular weight is 427 g/mol. The summed E-state index contributed by atoms with van der Waals surface area (Å²) in [5.74, 6) is 0.779. The van der Waals surface area contributed by atoms with Gasteiger partial charge in [0.25, 0.3) is 0 Å². The minimum Gasteiger partial charge on any atom is -0.301 e. The standard InChI is InChI=1S/C20H15ClN4OS2/c1-12-22-16(13-5-3-2-4-6-13)10-19(23-12)27-11-18(26)25-20-24-15-8-7-14(21)9-17(15)28-20/h2-10H,11H2,1H3,(H,24,25,26). The molecule has 2 aromatic heterocycles. The summed E-state index contributed by atoms with van der Waals surface area (Å²) < 4.78 is 0.939. The van der Waals surface area contributed by atoms with E-state index in [1.54, 1.807) is 6.07 Å². The molecule has 0 radical (unpaired) electrons. The summed E-state index contributed by atoms with van der Waals surface area (Å²) in [6, 6.07) is 17.3. The number of thioether (sulfide) groups is 1. The predicted molar refractivity (Wildman–Crippen MR) is 116 cm³/mol. The summed E-state index contributed by atoms with van der Waals surface area (Å²) in [7, 11) is 0. The third kappa shape index (κ3) is 4.49. The van der Waals surface area contributed by atoms with Crippen LogP contribution in [0.5, 0.6) is 0 Å². The summed E-state index contributed by atoms with van der Waals surface area (Å²) in [5, 5.41) is 4.82. The van der Waals surface area contributed by atoms with Crippen LogP contribution in [0.3, 0.4) is 0 Å². The van der Waals surface area contributed by atoms with E-state index in [9.17, 15) is 4.79 Å². The number of hydrogen-bond acceptors (Lipinski definition) is 6. The third-order valence-electron chi connectivity index (χ3n) is 3.83. The Hall–Kier alpha value is -2.48. The van der Waals surface area contributed by atoms with Crippen molar-refractivity contribution in [2.24, 2.45) is 0 Å². The van der Waals surface area contributed by atoms with Crippen LogP contribution < -0.4 is 5.32 Å². The third-order valence-corrected chi connectivity index (χ3v) is 5.91. The average Bonchev–Trinajstić information content (AvgIpc) is 3.08. The molecular weight excluding hydrogens is 412 g/mol. The molecule has 1 amide bonds. The molecule has 0 saturated carbocycles. The smallest absolute Gasteiger partial charge is 0.236 e. The lowest BCUT2D eigenvalue weighted by Gasteiger charge is -2.06. The molecule has 0 aliphatic heterocycles. The first-order chi connectivity index (χ1) is 13.6. The van der Waals surface area contributed by atoms with Gasteiger partial charge >= 0.3 is 0 Å². The van der Waals surface area contributed by atoms with Gasteiger partial charge in [-0.2, -0.15) is 0 Å². The quantitative estimate of drug-likeness (QED) is 0.339. The van der Waals surface area contributed by atoms with Crippen LogP contribution in [0.15, 0.2) is 59.6 Å². The maximum atomic E-state index is 12.3. The van der Waals surface area contributed by atoms with E-state index < -0.39 is 0 Å². The second-order valence-electron chi connectivity index (χ2n) is 5.97. The van der Waals surface area contributed by atoms with Crippen LogP contribution in [0, 0.1) is 6.92 Å². The fraction of sp³-hybridized carbons (Fsp3) is 0.100. The number of nitrogens with zero attached hydrogens (tertiary/aromatic N) is 3. The van der Waals surface area contributed by atoms with Crippen molar-refractivity contribution in [3.05, 3.63) is 65.4 Å². The number of amides is 1. The molecule has 0 saturated heterocycles. The molecule has 1 N–H and O–H groups in total. The zero-order valence-corrected chi connectivity index (χ0v) is 17.2. The molecule has 0 aliphatic rings. The van der Waals surface area contributed by atoms with E-state index in [0.717, 1.165) is 26.5 Å².